The van der Waals surface area contributed by atoms with Crippen LogP contribution < -0.4 is 9.64 Å². The Labute approximate surface area is 187 Å². The molecule has 0 spiro atoms. The van der Waals surface area contributed by atoms with Crippen LogP contribution in [0.2, 0.25) is 0 Å². The number of nitro groups is 1. The molecule has 0 atom stereocenters. The van der Waals surface area contributed by atoms with Crippen LogP contribution in [0.3, 0.4) is 0 Å². The van der Waals surface area contributed by atoms with Gasteiger partial charge in [-0.2, -0.15) is 5.11 Å². The van der Waals surface area contributed by atoms with E-state index in [2.05, 4.69) is 22.1 Å². The Hall–Kier alpha value is -3.08. The number of benzene rings is 2. The van der Waals surface area contributed by atoms with Gasteiger partial charge in [0.05, 0.1) is 50.8 Å². The van der Waals surface area contributed by atoms with Crippen LogP contribution in [0, 0.1) is 10.1 Å². The van der Waals surface area contributed by atoms with Gasteiger partial charge in [0.1, 0.15) is 11.4 Å². The van der Waals surface area contributed by atoms with Crippen LogP contribution in [-0.2, 0) is 14.2 Å². The van der Waals surface area contributed by atoms with Gasteiger partial charge in [0.2, 0.25) is 0 Å². The smallest absolute Gasteiger partial charge is 0.269 e. The van der Waals surface area contributed by atoms with E-state index in [-0.39, 0.29) is 5.69 Å². The van der Waals surface area contributed by atoms with Gasteiger partial charge in [-0.3, -0.25) is 10.1 Å². The number of likely N-dealkylation sites (N-methyl/N-ethyl adjacent to an activating group) is 1. The third-order valence-corrected chi connectivity index (χ3v) is 4.55. The lowest BCUT2D eigenvalue weighted by molar-refractivity contribution is -0.384. The average molecular weight is 447 g/mol. The van der Waals surface area contributed by atoms with Crippen LogP contribution in [0.25, 0.3) is 0 Å². The molecule has 0 saturated heterocycles. The van der Waals surface area contributed by atoms with Crippen LogP contribution in [0.4, 0.5) is 22.7 Å². The van der Waals surface area contributed by atoms with E-state index in [0.29, 0.717) is 50.2 Å². The summed E-state index contributed by atoms with van der Waals surface area (Å²) in [6, 6.07) is 11.6. The van der Waals surface area contributed by atoms with Gasteiger partial charge in [-0.25, -0.2) is 0 Å². The molecule has 2 aromatic rings. The summed E-state index contributed by atoms with van der Waals surface area (Å²) in [6.45, 7) is 6.39. The number of ether oxygens (including phenoxy) is 4. The summed E-state index contributed by atoms with van der Waals surface area (Å²) in [4.78, 5) is 12.5. The minimum atomic E-state index is -0.454. The second kappa shape index (κ2) is 14.1. The minimum absolute atomic E-state index is 0.00754. The van der Waals surface area contributed by atoms with Crippen LogP contribution in [0.5, 0.6) is 5.75 Å². The molecule has 0 fully saturated rings. The van der Waals surface area contributed by atoms with E-state index < -0.39 is 4.92 Å². The standard InChI is InChI=1S/C22H30N4O6/c1-4-25(11-12-31-15-16-32-14-13-29-2)20-9-10-21(22(17-20)30-3)24-23-18-5-7-19(8-6-18)26(27)28/h5-10,17H,4,11-16H2,1-3H3. The molecule has 2 aromatic carbocycles. The molecule has 32 heavy (non-hydrogen) atoms. The molecule has 10 nitrogen and oxygen atoms in total. The minimum Gasteiger partial charge on any atom is -0.494 e. The Balaban J connectivity index is 1.93. The number of azo groups is 1. The SMILES string of the molecule is CCN(CCOCCOCCOC)c1ccc(N=Nc2ccc([N+](=O)[O-])cc2)c(OC)c1. The molecule has 10 heteroatoms. The molecule has 0 N–H and O–H groups in total. The Morgan fingerprint density at radius 1 is 0.938 bits per heavy atom. The first kappa shape index (κ1) is 25.2. The predicted octanol–water partition coefficient (Wildman–Crippen LogP) is 4.52. The van der Waals surface area contributed by atoms with Crippen LogP contribution >= 0.6 is 0 Å². The number of nitro benzene ring substituents is 1. The fraction of sp³-hybridized carbons (Fsp3) is 0.455. The average Bonchev–Trinajstić information content (AvgIpc) is 2.82. The first-order valence-corrected chi connectivity index (χ1v) is 10.3. The third-order valence-electron chi connectivity index (χ3n) is 4.55. The lowest BCUT2D eigenvalue weighted by Gasteiger charge is -2.23. The molecule has 2 rings (SSSR count). The van der Waals surface area contributed by atoms with E-state index in [1.807, 2.05) is 18.2 Å². The molecule has 0 unspecified atom stereocenters. The summed E-state index contributed by atoms with van der Waals surface area (Å²) < 4.78 is 21.4. The molecular weight excluding hydrogens is 416 g/mol. The first-order valence-electron chi connectivity index (χ1n) is 10.3. The van der Waals surface area contributed by atoms with Gasteiger partial charge in [-0.05, 0) is 31.2 Å². The number of non-ortho nitro benzene ring substituents is 1. The van der Waals surface area contributed by atoms with E-state index in [0.717, 1.165) is 18.8 Å². The van der Waals surface area contributed by atoms with Crippen LogP contribution in [0.1, 0.15) is 6.92 Å². The fourth-order valence-corrected chi connectivity index (χ4v) is 2.81. The molecule has 0 amide bonds. The van der Waals surface area contributed by atoms with Crippen molar-refractivity contribution in [2.45, 2.75) is 6.92 Å². The topological polar surface area (TPSA) is 108 Å². The quantitative estimate of drug-likeness (QED) is 0.171. The normalized spacial score (nSPS) is 11.1. The van der Waals surface area contributed by atoms with Gasteiger partial charge < -0.3 is 23.8 Å². The zero-order valence-corrected chi connectivity index (χ0v) is 18.7. The van der Waals surface area contributed by atoms with Gasteiger partial charge >= 0.3 is 0 Å². The van der Waals surface area contributed by atoms with Gasteiger partial charge in [0, 0.05) is 44.1 Å². The van der Waals surface area contributed by atoms with Crippen molar-refractivity contribution in [1.82, 2.24) is 0 Å². The summed E-state index contributed by atoms with van der Waals surface area (Å²) in [7, 11) is 3.22. The van der Waals surface area contributed by atoms with E-state index in [1.54, 1.807) is 26.4 Å². The van der Waals surface area contributed by atoms with Gasteiger partial charge in [-0.15, -0.1) is 5.11 Å². The highest BCUT2D eigenvalue weighted by molar-refractivity contribution is 5.62. The second-order valence-electron chi connectivity index (χ2n) is 6.63. The summed E-state index contributed by atoms with van der Waals surface area (Å²) >= 11 is 0. The molecule has 0 aliphatic heterocycles. The summed E-state index contributed by atoms with van der Waals surface area (Å²) in [5.41, 5.74) is 2.07. The molecular formula is C22H30N4O6. The third kappa shape index (κ3) is 8.22. The van der Waals surface area contributed by atoms with Crippen molar-refractivity contribution in [2.75, 3.05) is 65.2 Å². The maximum Gasteiger partial charge on any atom is 0.269 e. The van der Waals surface area contributed by atoms with Gasteiger partial charge in [-0.1, -0.05) is 0 Å². The zero-order chi connectivity index (χ0) is 23.2. The van der Waals surface area contributed by atoms with Crippen molar-refractivity contribution in [3.05, 3.63) is 52.6 Å². The van der Waals surface area contributed by atoms with Crippen LogP contribution in [-0.4, -0.2) is 65.3 Å². The number of rotatable bonds is 15. The van der Waals surface area contributed by atoms with Crippen molar-refractivity contribution in [2.24, 2.45) is 10.2 Å². The zero-order valence-electron chi connectivity index (χ0n) is 18.7. The predicted molar refractivity (Wildman–Crippen MR) is 122 cm³/mol. The molecule has 0 aromatic heterocycles. The Morgan fingerprint density at radius 3 is 2.25 bits per heavy atom. The van der Waals surface area contributed by atoms with Crippen molar-refractivity contribution in [3.8, 4) is 5.75 Å². The molecule has 0 saturated carbocycles. The van der Waals surface area contributed by atoms with Gasteiger partial charge in [0.15, 0.2) is 0 Å². The first-order chi connectivity index (χ1) is 15.6. The molecule has 0 radical (unpaired) electrons. The number of methoxy groups -OCH3 is 2. The summed E-state index contributed by atoms with van der Waals surface area (Å²) in [5.74, 6) is 0.582. The number of hydrogen-bond acceptors (Lipinski definition) is 9. The summed E-state index contributed by atoms with van der Waals surface area (Å²) in [5, 5.41) is 19.1. The van der Waals surface area contributed by atoms with Crippen molar-refractivity contribution >= 4 is 22.7 Å². The van der Waals surface area contributed by atoms with Crippen molar-refractivity contribution < 1.29 is 23.9 Å². The maximum atomic E-state index is 10.7. The maximum absolute atomic E-state index is 10.7. The monoisotopic (exact) mass is 446 g/mol. The fourth-order valence-electron chi connectivity index (χ4n) is 2.81. The molecule has 0 heterocycles. The van der Waals surface area contributed by atoms with E-state index in [4.69, 9.17) is 18.9 Å². The van der Waals surface area contributed by atoms with Gasteiger partial charge in [0.25, 0.3) is 5.69 Å². The lowest BCUT2D eigenvalue weighted by Crippen LogP contribution is -2.27. The highest BCUT2D eigenvalue weighted by Crippen LogP contribution is 2.33. The number of hydrogen-bond donors (Lipinski definition) is 0. The largest absolute Gasteiger partial charge is 0.494 e. The molecule has 0 aliphatic carbocycles. The highest BCUT2D eigenvalue weighted by atomic mass is 16.6. The van der Waals surface area contributed by atoms with Crippen molar-refractivity contribution in [1.29, 1.82) is 0 Å². The van der Waals surface area contributed by atoms with Crippen molar-refractivity contribution in [3.63, 3.8) is 0 Å². The highest BCUT2D eigenvalue weighted by Gasteiger charge is 2.10. The molecule has 0 bridgehead atoms. The van der Waals surface area contributed by atoms with E-state index in [1.165, 1.54) is 12.1 Å². The lowest BCUT2D eigenvalue weighted by atomic mass is 10.2. The summed E-state index contributed by atoms with van der Waals surface area (Å²) in [6.07, 6.45) is 0. The number of nitrogens with zero attached hydrogens (tertiary/aromatic N) is 4. The Morgan fingerprint density at radius 2 is 1.62 bits per heavy atom. The molecule has 174 valence electrons. The Bertz CT molecular complexity index is 860. The molecule has 0 aliphatic rings. The van der Waals surface area contributed by atoms with E-state index in [9.17, 15) is 10.1 Å². The van der Waals surface area contributed by atoms with Crippen LogP contribution in [0.15, 0.2) is 52.7 Å². The Kier molecular flexibility index (Phi) is 11.1. The number of anilines is 1. The van der Waals surface area contributed by atoms with E-state index >= 15 is 0 Å². The second-order valence-corrected chi connectivity index (χ2v) is 6.63.